The van der Waals surface area contributed by atoms with Gasteiger partial charge in [0.05, 0.1) is 26.4 Å². The first-order valence-corrected chi connectivity index (χ1v) is 17.3. The zero-order valence-electron chi connectivity index (χ0n) is 31.5. The van der Waals surface area contributed by atoms with Gasteiger partial charge in [0.25, 0.3) is 5.91 Å². The van der Waals surface area contributed by atoms with E-state index in [0.717, 1.165) is 37.5 Å². The molecule has 0 radical (unpaired) electrons. The Bertz CT molecular complexity index is 1800. The van der Waals surface area contributed by atoms with Crippen LogP contribution in [0.5, 0.6) is 5.75 Å². The standard InChI is InChI=1S/C40H47NO13/c1-25-20-32(31-14-11-15-33(21-31)36(46)41-7)16-17-34(25)51-38-40(54-29(5)45,24-48-19-18-47-22-30-12-9-8-10-13-30)37(50-27(3)43)39(6,53-28(4)44)35(52-38)23-49-26(2)42/h8-17,20-21,35,37-38H,18-19,22-24H2,1-7H3,(H,41,46). The molecule has 0 bridgehead atoms. The summed E-state index contributed by atoms with van der Waals surface area (Å²) in [6, 6.07) is 21.9. The molecule has 0 aromatic heterocycles. The highest BCUT2D eigenvalue weighted by Crippen LogP contribution is 2.45. The number of hydrogen-bond donors (Lipinski definition) is 1. The van der Waals surface area contributed by atoms with Crippen molar-refractivity contribution in [1.82, 2.24) is 5.32 Å². The van der Waals surface area contributed by atoms with Gasteiger partial charge in [0.1, 0.15) is 18.5 Å². The fourth-order valence-electron chi connectivity index (χ4n) is 6.23. The Labute approximate surface area is 314 Å². The molecular weight excluding hydrogens is 702 g/mol. The summed E-state index contributed by atoms with van der Waals surface area (Å²) >= 11 is 0. The molecule has 1 amide bonds. The van der Waals surface area contributed by atoms with E-state index in [4.69, 9.17) is 37.9 Å². The maximum Gasteiger partial charge on any atom is 0.303 e. The topological polar surface area (TPSA) is 171 Å². The molecule has 0 aliphatic carbocycles. The number of carbonyl (C=O) groups is 5. The van der Waals surface area contributed by atoms with Crippen molar-refractivity contribution in [2.75, 3.05) is 33.5 Å². The van der Waals surface area contributed by atoms with Crippen molar-refractivity contribution >= 4 is 29.8 Å². The number of benzene rings is 3. The number of esters is 4. The highest BCUT2D eigenvalue weighted by atomic mass is 16.7. The van der Waals surface area contributed by atoms with Crippen molar-refractivity contribution in [3.05, 3.63) is 89.5 Å². The summed E-state index contributed by atoms with van der Waals surface area (Å²) in [4.78, 5) is 62.7. The van der Waals surface area contributed by atoms with Crippen LogP contribution in [0.1, 0.15) is 56.1 Å². The Balaban J connectivity index is 1.76. The van der Waals surface area contributed by atoms with Gasteiger partial charge in [-0.05, 0) is 60.4 Å². The molecule has 1 aliphatic heterocycles. The van der Waals surface area contributed by atoms with Crippen LogP contribution in [-0.2, 0) is 58.9 Å². The fraction of sp³-hybridized carbons (Fsp3) is 0.425. The minimum atomic E-state index is -2.11. The first-order chi connectivity index (χ1) is 25.7. The monoisotopic (exact) mass is 749 g/mol. The van der Waals surface area contributed by atoms with Crippen LogP contribution >= 0.6 is 0 Å². The average Bonchev–Trinajstić information content (AvgIpc) is 3.12. The number of nitrogens with one attached hydrogen (secondary N) is 1. The molecule has 14 nitrogen and oxygen atoms in total. The van der Waals surface area contributed by atoms with E-state index in [0.29, 0.717) is 17.7 Å². The van der Waals surface area contributed by atoms with Crippen LogP contribution in [0.4, 0.5) is 0 Å². The van der Waals surface area contributed by atoms with E-state index in [1.165, 1.54) is 13.8 Å². The predicted molar refractivity (Wildman–Crippen MR) is 193 cm³/mol. The summed E-state index contributed by atoms with van der Waals surface area (Å²) in [7, 11) is 1.55. The molecule has 5 atom stereocenters. The van der Waals surface area contributed by atoms with E-state index >= 15 is 0 Å². The maximum absolute atomic E-state index is 13.0. The lowest BCUT2D eigenvalue weighted by atomic mass is 9.77. The van der Waals surface area contributed by atoms with Gasteiger partial charge < -0.3 is 43.2 Å². The van der Waals surface area contributed by atoms with Crippen LogP contribution < -0.4 is 10.1 Å². The highest BCUT2D eigenvalue weighted by Gasteiger charge is 2.69. The van der Waals surface area contributed by atoms with Crippen molar-refractivity contribution in [1.29, 1.82) is 0 Å². The lowest BCUT2D eigenvalue weighted by molar-refractivity contribution is -0.358. The van der Waals surface area contributed by atoms with E-state index in [2.05, 4.69) is 5.32 Å². The Kier molecular flexibility index (Phi) is 14.3. The quantitative estimate of drug-likeness (QED) is 0.124. The van der Waals surface area contributed by atoms with Crippen LogP contribution in [0.3, 0.4) is 0 Å². The smallest absolute Gasteiger partial charge is 0.303 e. The second kappa shape index (κ2) is 18.6. The summed E-state index contributed by atoms with van der Waals surface area (Å²) < 4.78 is 47.8. The number of ether oxygens (including phenoxy) is 8. The average molecular weight is 750 g/mol. The predicted octanol–water partition coefficient (Wildman–Crippen LogP) is 4.48. The summed E-state index contributed by atoms with van der Waals surface area (Å²) in [5, 5.41) is 2.62. The molecule has 1 aliphatic rings. The Morgan fingerprint density at radius 2 is 1.46 bits per heavy atom. The largest absolute Gasteiger partial charge is 0.463 e. The van der Waals surface area contributed by atoms with Crippen LogP contribution in [0.2, 0.25) is 0 Å². The van der Waals surface area contributed by atoms with Crippen LogP contribution in [-0.4, -0.2) is 93.0 Å². The van der Waals surface area contributed by atoms with Crippen LogP contribution in [0.15, 0.2) is 72.8 Å². The number of carbonyl (C=O) groups excluding carboxylic acids is 5. The Hall–Kier alpha value is -5.31. The normalized spacial score (nSPS) is 22.0. The Morgan fingerprint density at radius 1 is 0.778 bits per heavy atom. The van der Waals surface area contributed by atoms with Gasteiger partial charge >= 0.3 is 23.9 Å². The third-order valence-electron chi connectivity index (χ3n) is 8.62. The molecule has 1 fully saturated rings. The molecular formula is C40H47NO13. The second-order valence-electron chi connectivity index (χ2n) is 12.9. The van der Waals surface area contributed by atoms with Gasteiger partial charge in [0, 0.05) is 40.3 Å². The van der Waals surface area contributed by atoms with Gasteiger partial charge in [0.2, 0.25) is 11.9 Å². The third kappa shape index (κ3) is 10.4. The molecule has 3 aromatic carbocycles. The first kappa shape index (κ1) is 41.4. The molecule has 1 heterocycles. The van der Waals surface area contributed by atoms with Gasteiger partial charge in [-0.1, -0.05) is 48.5 Å². The van der Waals surface area contributed by atoms with Gasteiger partial charge in [0.15, 0.2) is 11.7 Å². The second-order valence-corrected chi connectivity index (χ2v) is 12.9. The highest BCUT2D eigenvalue weighted by molar-refractivity contribution is 5.95. The fourth-order valence-corrected chi connectivity index (χ4v) is 6.23. The van der Waals surface area contributed by atoms with E-state index in [1.807, 2.05) is 42.5 Å². The van der Waals surface area contributed by atoms with Crippen molar-refractivity contribution in [3.63, 3.8) is 0 Å². The van der Waals surface area contributed by atoms with Gasteiger partial charge in [-0.3, -0.25) is 24.0 Å². The van der Waals surface area contributed by atoms with Crippen molar-refractivity contribution in [2.45, 2.75) is 77.8 Å². The molecule has 4 rings (SSSR count). The third-order valence-corrected chi connectivity index (χ3v) is 8.62. The molecule has 5 unspecified atom stereocenters. The van der Waals surface area contributed by atoms with Crippen molar-refractivity contribution in [3.8, 4) is 16.9 Å². The lowest BCUT2D eigenvalue weighted by Gasteiger charge is -2.55. The first-order valence-electron chi connectivity index (χ1n) is 17.3. The zero-order chi connectivity index (χ0) is 39.5. The van der Waals surface area contributed by atoms with Gasteiger partial charge in [-0.15, -0.1) is 0 Å². The number of amides is 1. The van der Waals surface area contributed by atoms with Gasteiger partial charge in [-0.2, -0.15) is 0 Å². The van der Waals surface area contributed by atoms with E-state index in [-0.39, 0.29) is 24.9 Å². The van der Waals surface area contributed by atoms with Crippen LogP contribution in [0.25, 0.3) is 11.1 Å². The van der Waals surface area contributed by atoms with E-state index in [9.17, 15) is 24.0 Å². The van der Waals surface area contributed by atoms with Crippen molar-refractivity contribution < 1.29 is 61.9 Å². The maximum atomic E-state index is 13.0. The zero-order valence-corrected chi connectivity index (χ0v) is 31.5. The SMILES string of the molecule is CNC(=O)c1cccc(-c2ccc(OC3OC(COC(C)=O)C(C)(OC(C)=O)C(OC(C)=O)C3(COCCOCc3ccccc3)OC(C)=O)c(C)c2)c1. The molecule has 3 aromatic rings. The number of aryl methyl sites for hydroxylation is 1. The van der Waals surface area contributed by atoms with E-state index < -0.39 is 66.8 Å². The molecule has 1 N–H and O–H groups in total. The summed E-state index contributed by atoms with van der Waals surface area (Å²) in [6.45, 7) is 7.32. The molecule has 290 valence electrons. The van der Waals surface area contributed by atoms with E-state index in [1.54, 1.807) is 44.3 Å². The summed E-state index contributed by atoms with van der Waals surface area (Å²) in [5.74, 6) is -3.04. The molecule has 54 heavy (non-hydrogen) atoms. The minimum Gasteiger partial charge on any atom is -0.463 e. The number of rotatable bonds is 16. The Morgan fingerprint density at radius 3 is 2.09 bits per heavy atom. The minimum absolute atomic E-state index is 0.000636. The lowest BCUT2D eigenvalue weighted by Crippen LogP contribution is -2.77. The molecule has 0 spiro atoms. The summed E-state index contributed by atoms with van der Waals surface area (Å²) in [6.07, 6.45) is -4.52. The summed E-state index contributed by atoms with van der Waals surface area (Å²) in [5.41, 5.74) is -0.438. The van der Waals surface area contributed by atoms with Gasteiger partial charge in [-0.25, -0.2) is 0 Å². The van der Waals surface area contributed by atoms with Crippen molar-refractivity contribution in [2.24, 2.45) is 0 Å². The number of hydrogen-bond acceptors (Lipinski definition) is 13. The molecule has 1 saturated heterocycles. The van der Waals surface area contributed by atoms with Crippen LogP contribution in [0, 0.1) is 6.92 Å². The molecule has 14 heteroatoms. The molecule has 0 saturated carbocycles.